The first-order valence-electron chi connectivity index (χ1n) is 8.76. The summed E-state index contributed by atoms with van der Waals surface area (Å²) in [6, 6.07) is 12.3. The fraction of sp³-hybridized carbons (Fsp3) is 0.316. The Hall–Kier alpha value is -2.36. The van der Waals surface area contributed by atoms with Crippen LogP contribution < -0.4 is 14.8 Å². The SMILES string of the molecule is COc1cc(CNCCSc2nnnn2C)ccc1OCc1ccccc1F.Cl. The van der Waals surface area contributed by atoms with Crippen LogP contribution in [0.2, 0.25) is 0 Å². The molecule has 156 valence electrons. The van der Waals surface area contributed by atoms with Crippen LogP contribution in [0.1, 0.15) is 11.1 Å². The minimum absolute atomic E-state index is 0. The molecule has 0 radical (unpaired) electrons. The Labute approximate surface area is 179 Å². The highest BCUT2D eigenvalue weighted by Gasteiger charge is 2.08. The van der Waals surface area contributed by atoms with Crippen molar-refractivity contribution in [3.63, 3.8) is 0 Å². The van der Waals surface area contributed by atoms with Crippen molar-refractivity contribution in [2.75, 3.05) is 19.4 Å². The number of halogens is 2. The number of aromatic nitrogens is 4. The molecule has 0 saturated heterocycles. The van der Waals surface area contributed by atoms with E-state index >= 15 is 0 Å². The number of nitrogens with one attached hydrogen (secondary N) is 1. The number of rotatable bonds is 10. The Bertz CT molecular complexity index is 912. The van der Waals surface area contributed by atoms with Gasteiger partial charge in [-0.15, -0.1) is 17.5 Å². The van der Waals surface area contributed by atoms with Crippen molar-refractivity contribution in [2.45, 2.75) is 18.3 Å². The zero-order valence-corrected chi connectivity index (χ0v) is 17.8. The number of ether oxygens (including phenoxy) is 2. The van der Waals surface area contributed by atoms with E-state index in [4.69, 9.17) is 9.47 Å². The van der Waals surface area contributed by atoms with Crippen LogP contribution in [-0.4, -0.2) is 39.6 Å². The smallest absolute Gasteiger partial charge is 0.209 e. The molecule has 0 aliphatic heterocycles. The fourth-order valence-corrected chi connectivity index (χ4v) is 3.25. The molecule has 1 aromatic heterocycles. The standard InChI is InChI=1S/C19H22FN5O2S.ClH/c1-25-19(22-23-24-25)28-10-9-21-12-14-7-8-17(18(11-14)26-2)27-13-15-5-3-4-6-16(15)20;/h3-8,11,21H,9-10,12-13H2,1-2H3;1H. The molecule has 0 bridgehead atoms. The fourth-order valence-electron chi connectivity index (χ4n) is 2.50. The highest BCUT2D eigenvalue weighted by Crippen LogP contribution is 2.29. The molecule has 29 heavy (non-hydrogen) atoms. The summed E-state index contributed by atoms with van der Waals surface area (Å²) in [7, 11) is 3.41. The van der Waals surface area contributed by atoms with Gasteiger partial charge in [0.15, 0.2) is 11.5 Å². The maximum Gasteiger partial charge on any atom is 0.209 e. The summed E-state index contributed by atoms with van der Waals surface area (Å²) in [6.45, 7) is 1.65. The molecule has 0 saturated carbocycles. The Kier molecular flexibility index (Phi) is 9.17. The first-order chi connectivity index (χ1) is 13.7. The highest BCUT2D eigenvalue weighted by molar-refractivity contribution is 7.99. The predicted molar refractivity (Wildman–Crippen MR) is 112 cm³/mol. The van der Waals surface area contributed by atoms with Crippen molar-refractivity contribution >= 4 is 24.2 Å². The maximum absolute atomic E-state index is 13.7. The van der Waals surface area contributed by atoms with Gasteiger partial charge in [-0.3, -0.25) is 0 Å². The van der Waals surface area contributed by atoms with Crippen molar-refractivity contribution in [2.24, 2.45) is 7.05 Å². The minimum Gasteiger partial charge on any atom is -0.493 e. The second-order valence-corrected chi connectivity index (χ2v) is 7.04. The molecule has 0 amide bonds. The topological polar surface area (TPSA) is 74.1 Å². The molecule has 0 spiro atoms. The average Bonchev–Trinajstić information content (AvgIpc) is 3.12. The van der Waals surface area contributed by atoms with Gasteiger partial charge in [0.2, 0.25) is 5.16 Å². The van der Waals surface area contributed by atoms with E-state index in [1.807, 2.05) is 25.2 Å². The lowest BCUT2D eigenvalue weighted by Gasteiger charge is -2.13. The van der Waals surface area contributed by atoms with Gasteiger partial charge in [-0.1, -0.05) is 36.0 Å². The average molecular weight is 440 g/mol. The third-order valence-electron chi connectivity index (χ3n) is 3.99. The highest BCUT2D eigenvalue weighted by atomic mass is 35.5. The maximum atomic E-state index is 13.7. The summed E-state index contributed by atoms with van der Waals surface area (Å²) in [4.78, 5) is 0. The summed E-state index contributed by atoms with van der Waals surface area (Å²) in [5.74, 6) is 1.78. The second-order valence-electron chi connectivity index (χ2n) is 5.98. The number of thioether (sulfide) groups is 1. The zero-order valence-electron chi connectivity index (χ0n) is 16.2. The van der Waals surface area contributed by atoms with Gasteiger partial charge >= 0.3 is 0 Å². The van der Waals surface area contributed by atoms with Gasteiger partial charge in [-0.2, -0.15) is 0 Å². The number of hydrogen-bond donors (Lipinski definition) is 1. The van der Waals surface area contributed by atoms with E-state index in [1.165, 1.54) is 6.07 Å². The largest absolute Gasteiger partial charge is 0.493 e. The Morgan fingerprint density at radius 3 is 2.72 bits per heavy atom. The molecule has 0 aliphatic rings. The number of hydrogen-bond acceptors (Lipinski definition) is 7. The molecule has 1 heterocycles. The minimum atomic E-state index is -0.280. The van der Waals surface area contributed by atoms with Crippen LogP contribution in [0.15, 0.2) is 47.6 Å². The van der Waals surface area contributed by atoms with Gasteiger partial charge in [-0.25, -0.2) is 9.07 Å². The van der Waals surface area contributed by atoms with E-state index in [-0.39, 0.29) is 24.8 Å². The third kappa shape index (κ3) is 6.59. The van der Waals surface area contributed by atoms with Crippen LogP contribution in [0.25, 0.3) is 0 Å². The quantitative estimate of drug-likeness (QED) is 0.384. The number of methoxy groups -OCH3 is 1. The summed E-state index contributed by atoms with van der Waals surface area (Å²) < 4.78 is 26.5. The number of benzene rings is 2. The van der Waals surface area contributed by atoms with Gasteiger partial charge in [0.1, 0.15) is 12.4 Å². The van der Waals surface area contributed by atoms with Crippen LogP contribution in [0, 0.1) is 5.82 Å². The molecule has 3 rings (SSSR count). The molecule has 0 aliphatic carbocycles. The van der Waals surface area contributed by atoms with Gasteiger partial charge in [0, 0.05) is 31.5 Å². The van der Waals surface area contributed by atoms with Crippen LogP contribution >= 0.6 is 24.2 Å². The van der Waals surface area contributed by atoms with Gasteiger partial charge in [-0.05, 0) is 34.2 Å². The van der Waals surface area contributed by atoms with Gasteiger partial charge < -0.3 is 14.8 Å². The van der Waals surface area contributed by atoms with Crippen molar-refractivity contribution in [1.29, 1.82) is 0 Å². The predicted octanol–water partition coefficient (Wildman–Crippen LogP) is 3.24. The number of nitrogens with zero attached hydrogens (tertiary/aromatic N) is 4. The lowest BCUT2D eigenvalue weighted by Crippen LogP contribution is -2.16. The lowest BCUT2D eigenvalue weighted by molar-refractivity contribution is 0.279. The molecule has 1 N–H and O–H groups in total. The third-order valence-corrected chi connectivity index (χ3v) is 5.00. The second kappa shape index (κ2) is 11.6. The molecule has 0 atom stereocenters. The summed E-state index contributed by atoms with van der Waals surface area (Å²) in [5.41, 5.74) is 1.58. The van der Waals surface area contributed by atoms with Crippen molar-refractivity contribution in [1.82, 2.24) is 25.5 Å². The summed E-state index contributed by atoms with van der Waals surface area (Å²) in [5, 5.41) is 15.5. The summed E-state index contributed by atoms with van der Waals surface area (Å²) in [6.07, 6.45) is 0. The lowest BCUT2D eigenvalue weighted by atomic mass is 10.2. The normalized spacial score (nSPS) is 10.4. The molecule has 10 heteroatoms. The molecule has 3 aromatic rings. The van der Waals surface area contributed by atoms with Crippen molar-refractivity contribution in [3.05, 3.63) is 59.4 Å². The molecular formula is C19H23ClFN5O2S. The number of aryl methyl sites for hydroxylation is 1. The van der Waals surface area contributed by atoms with E-state index in [0.717, 1.165) is 23.0 Å². The van der Waals surface area contributed by atoms with E-state index < -0.39 is 0 Å². The van der Waals surface area contributed by atoms with E-state index in [9.17, 15) is 4.39 Å². The molecule has 0 fully saturated rings. The van der Waals surface area contributed by atoms with Gasteiger partial charge in [0.05, 0.1) is 7.11 Å². The zero-order chi connectivity index (χ0) is 19.8. The Balaban J connectivity index is 0.00000300. The van der Waals surface area contributed by atoms with Gasteiger partial charge in [0.25, 0.3) is 0 Å². The van der Waals surface area contributed by atoms with Crippen molar-refractivity contribution in [3.8, 4) is 11.5 Å². The molecule has 0 unspecified atom stereocenters. The first kappa shape index (κ1) is 22.9. The molecular weight excluding hydrogens is 417 g/mol. The monoisotopic (exact) mass is 439 g/mol. The van der Waals surface area contributed by atoms with Crippen LogP contribution in [0.3, 0.4) is 0 Å². The van der Waals surface area contributed by atoms with Crippen molar-refractivity contribution < 1.29 is 13.9 Å². The Morgan fingerprint density at radius 1 is 1.17 bits per heavy atom. The van der Waals surface area contributed by atoms with Crippen LogP contribution in [0.4, 0.5) is 4.39 Å². The van der Waals surface area contributed by atoms with E-state index in [2.05, 4.69) is 20.8 Å². The van der Waals surface area contributed by atoms with Crippen LogP contribution in [-0.2, 0) is 20.2 Å². The van der Waals surface area contributed by atoms with Crippen LogP contribution in [0.5, 0.6) is 11.5 Å². The molecule has 7 nitrogen and oxygen atoms in total. The first-order valence-corrected chi connectivity index (χ1v) is 9.75. The summed E-state index contributed by atoms with van der Waals surface area (Å²) >= 11 is 1.59. The van der Waals surface area contributed by atoms with E-state index in [1.54, 1.807) is 41.8 Å². The number of tetrazole rings is 1. The molecule has 2 aromatic carbocycles. The Morgan fingerprint density at radius 2 is 2.00 bits per heavy atom. The van der Waals surface area contributed by atoms with E-state index in [0.29, 0.717) is 23.6 Å².